The number of nitrogens with zero attached hydrogens (tertiary/aromatic N) is 2. The monoisotopic (exact) mass is 338 g/mol. The molecule has 2 fully saturated rings. The maximum absolute atomic E-state index is 12.5. The standard InChI is InChI=1S/C17H30N4OS/c1-3-11-23-12-9-19-17(18-2)20-15-8-10-21(13-15)16(22)14-6-4-5-7-14/h3,14-15H,1,4-13H2,2H3,(H2,18,19,20). The number of hydrogen-bond acceptors (Lipinski definition) is 3. The zero-order valence-corrected chi connectivity index (χ0v) is 15.0. The number of carbonyl (C=O) groups is 1. The van der Waals surface area contributed by atoms with Gasteiger partial charge in [-0.15, -0.1) is 6.58 Å². The fourth-order valence-corrected chi connectivity index (χ4v) is 3.89. The second kappa shape index (κ2) is 9.85. The van der Waals surface area contributed by atoms with E-state index in [1.165, 1.54) is 12.8 Å². The lowest BCUT2D eigenvalue weighted by atomic mass is 10.1. The number of aliphatic imine (C=N–C) groups is 1. The highest BCUT2D eigenvalue weighted by Gasteiger charge is 2.32. The Kier molecular flexibility index (Phi) is 7.79. The van der Waals surface area contributed by atoms with Crippen LogP contribution in [-0.2, 0) is 4.79 Å². The fraction of sp³-hybridized carbons (Fsp3) is 0.765. The van der Waals surface area contributed by atoms with Crippen LogP contribution in [0.5, 0.6) is 0 Å². The predicted octanol–water partition coefficient (Wildman–Crippen LogP) is 1.86. The van der Waals surface area contributed by atoms with Crippen molar-refractivity contribution in [3.05, 3.63) is 12.7 Å². The molecule has 2 rings (SSSR count). The van der Waals surface area contributed by atoms with Gasteiger partial charge in [0.15, 0.2) is 5.96 Å². The van der Waals surface area contributed by atoms with Crippen molar-refractivity contribution in [1.29, 1.82) is 0 Å². The van der Waals surface area contributed by atoms with Gasteiger partial charge in [0.2, 0.25) is 5.91 Å². The Labute approximate surface area is 144 Å². The molecule has 130 valence electrons. The minimum atomic E-state index is 0.285. The molecule has 1 saturated heterocycles. The van der Waals surface area contributed by atoms with Crippen molar-refractivity contribution in [3.63, 3.8) is 0 Å². The Hall–Kier alpha value is -1.17. The smallest absolute Gasteiger partial charge is 0.225 e. The molecule has 1 atom stereocenters. The zero-order valence-electron chi connectivity index (χ0n) is 14.2. The van der Waals surface area contributed by atoms with Gasteiger partial charge in [0.1, 0.15) is 0 Å². The Balaban J connectivity index is 1.68. The third kappa shape index (κ3) is 5.75. The molecule has 0 aromatic carbocycles. The van der Waals surface area contributed by atoms with E-state index in [0.29, 0.717) is 11.9 Å². The highest BCUT2D eigenvalue weighted by Crippen LogP contribution is 2.27. The van der Waals surface area contributed by atoms with E-state index in [9.17, 15) is 4.79 Å². The zero-order chi connectivity index (χ0) is 16.5. The van der Waals surface area contributed by atoms with Gasteiger partial charge < -0.3 is 15.5 Å². The van der Waals surface area contributed by atoms with Crippen LogP contribution < -0.4 is 10.6 Å². The molecule has 6 heteroatoms. The quantitative estimate of drug-likeness (QED) is 0.322. The number of likely N-dealkylation sites (tertiary alicyclic amines) is 1. The molecule has 23 heavy (non-hydrogen) atoms. The number of hydrogen-bond donors (Lipinski definition) is 2. The van der Waals surface area contributed by atoms with Gasteiger partial charge >= 0.3 is 0 Å². The van der Waals surface area contributed by atoms with Gasteiger partial charge in [-0.25, -0.2) is 0 Å². The van der Waals surface area contributed by atoms with Crippen LogP contribution in [0, 0.1) is 5.92 Å². The van der Waals surface area contributed by atoms with E-state index in [1.54, 1.807) is 7.05 Å². The van der Waals surface area contributed by atoms with Gasteiger partial charge in [-0.1, -0.05) is 18.9 Å². The molecule has 1 unspecified atom stereocenters. The van der Waals surface area contributed by atoms with Crippen LogP contribution in [0.2, 0.25) is 0 Å². The van der Waals surface area contributed by atoms with Crippen LogP contribution in [0.1, 0.15) is 32.1 Å². The first-order chi connectivity index (χ1) is 11.2. The molecular weight excluding hydrogens is 308 g/mol. The molecule has 0 aromatic rings. The Bertz CT molecular complexity index is 421. The Morgan fingerprint density at radius 1 is 1.39 bits per heavy atom. The summed E-state index contributed by atoms with van der Waals surface area (Å²) in [6, 6.07) is 0.312. The van der Waals surface area contributed by atoms with E-state index in [1.807, 2.05) is 22.7 Å². The first-order valence-electron chi connectivity index (χ1n) is 8.69. The number of nitrogens with one attached hydrogen (secondary N) is 2. The van der Waals surface area contributed by atoms with E-state index in [-0.39, 0.29) is 5.92 Å². The van der Waals surface area contributed by atoms with Crippen molar-refractivity contribution in [2.75, 3.05) is 38.2 Å². The summed E-state index contributed by atoms with van der Waals surface area (Å²) in [4.78, 5) is 18.8. The maximum Gasteiger partial charge on any atom is 0.225 e. The minimum Gasteiger partial charge on any atom is -0.356 e. The van der Waals surface area contributed by atoms with Gasteiger partial charge in [0, 0.05) is 50.1 Å². The number of rotatable bonds is 7. The molecule has 1 aliphatic heterocycles. The minimum absolute atomic E-state index is 0.285. The summed E-state index contributed by atoms with van der Waals surface area (Å²) >= 11 is 1.85. The number of amides is 1. The van der Waals surface area contributed by atoms with Gasteiger partial charge in [-0.3, -0.25) is 9.79 Å². The van der Waals surface area contributed by atoms with E-state index >= 15 is 0 Å². The number of guanidine groups is 1. The summed E-state index contributed by atoms with van der Waals surface area (Å²) in [5.74, 6) is 3.51. The van der Waals surface area contributed by atoms with Crippen molar-refractivity contribution >= 4 is 23.6 Å². The number of thioether (sulfide) groups is 1. The molecular formula is C17H30N4OS. The summed E-state index contributed by atoms with van der Waals surface area (Å²) in [6.45, 7) is 6.28. The molecule has 1 heterocycles. The van der Waals surface area contributed by atoms with E-state index < -0.39 is 0 Å². The van der Waals surface area contributed by atoms with Gasteiger partial charge in [-0.2, -0.15) is 11.8 Å². The maximum atomic E-state index is 12.5. The molecule has 2 aliphatic rings. The fourth-order valence-electron chi connectivity index (χ4n) is 3.31. The SMILES string of the molecule is C=CCSCCNC(=NC)NC1CCN(C(=O)C2CCCC2)C1. The third-order valence-electron chi connectivity index (χ3n) is 4.54. The van der Waals surface area contributed by atoms with Crippen LogP contribution >= 0.6 is 11.8 Å². The summed E-state index contributed by atoms with van der Waals surface area (Å²) in [7, 11) is 1.79. The molecule has 5 nitrogen and oxygen atoms in total. The lowest BCUT2D eigenvalue weighted by molar-refractivity contribution is -0.134. The summed E-state index contributed by atoms with van der Waals surface area (Å²) in [5.41, 5.74) is 0. The summed E-state index contributed by atoms with van der Waals surface area (Å²) < 4.78 is 0. The van der Waals surface area contributed by atoms with Crippen LogP contribution in [0.25, 0.3) is 0 Å². The Morgan fingerprint density at radius 2 is 2.17 bits per heavy atom. The highest BCUT2D eigenvalue weighted by molar-refractivity contribution is 7.99. The largest absolute Gasteiger partial charge is 0.356 e. The van der Waals surface area contributed by atoms with Gasteiger partial charge in [0.05, 0.1) is 0 Å². The molecule has 0 aromatic heterocycles. The van der Waals surface area contributed by atoms with Crippen LogP contribution in [0.3, 0.4) is 0 Å². The average molecular weight is 339 g/mol. The molecule has 1 amide bonds. The highest BCUT2D eigenvalue weighted by atomic mass is 32.2. The molecule has 1 saturated carbocycles. The van der Waals surface area contributed by atoms with Crippen LogP contribution in [0.15, 0.2) is 17.6 Å². The van der Waals surface area contributed by atoms with Crippen molar-refractivity contribution in [2.24, 2.45) is 10.9 Å². The molecule has 2 N–H and O–H groups in total. The van der Waals surface area contributed by atoms with E-state index in [0.717, 1.165) is 56.4 Å². The van der Waals surface area contributed by atoms with E-state index in [4.69, 9.17) is 0 Å². The van der Waals surface area contributed by atoms with Crippen LogP contribution in [0.4, 0.5) is 0 Å². The predicted molar refractivity (Wildman–Crippen MR) is 99.0 cm³/mol. The summed E-state index contributed by atoms with van der Waals surface area (Å²) in [5, 5.41) is 6.78. The molecule has 1 aliphatic carbocycles. The second-order valence-electron chi connectivity index (χ2n) is 6.26. The van der Waals surface area contributed by atoms with Crippen molar-refractivity contribution in [2.45, 2.75) is 38.1 Å². The lowest BCUT2D eigenvalue weighted by Crippen LogP contribution is -2.46. The normalized spacial score (nSPS) is 22.4. The lowest BCUT2D eigenvalue weighted by Gasteiger charge is -2.21. The van der Waals surface area contributed by atoms with Crippen LogP contribution in [-0.4, -0.2) is 61.0 Å². The second-order valence-corrected chi connectivity index (χ2v) is 7.41. The first-order valence-corrected chi connectivity index (χ1v) is 9.84. The van der Waals surface area contributed by atoms with E-state index in [2.05, 4.69) is 22.2 Å². The third-order valence-corrected chi connectivity index (χ3v) is 5.51. The van der Waals surface area contributed by atoms with Gasteiger partial charge in [0.25, 0.3) is 0 Å². The molecule has 0 radical (unpaired) electrons. The van der Waals surface area contributed by atoms with Crippen molar-refractivity contribution in [3.8, 4) is 0 Å². The first kappa shape index (κ1) is 18.2. The van der Waals surface area contributed by atoms with Crippen molar-refractivity contribution < 1.29 is 4.79 Å². The van der Waals surface area contributed by atoms with Gasteiger partial charge in [-0.05, 0) is 19.3 Å². The molecule has 0 bridgehead atoms. The summed E-state index contributed by atoms with van der Waals surface area (Å²) in [6.07, 6.45) is 7.52. The number of carbonyl (C=O) groups excluding carboxylic acids is 1. The van der Waals surface area contributed by atoms with Crippen molar-refractivity contribution in [1.82, 2.24) is 15.5 Å². The topological polar surface area (TPSA) is 56.7 Å². The molecule has 0 spiro atoms. The average Bonchev–Trinajstić information content (AvgIpc) is 3.24. The Morgan fingerprint density at radius 3 is 2.87 bits per heavy atom.